The Balaban J connectivity index is 1.90. The van der Waals surface area contributed by atoms with Crippen LogP contribution in [0, 0.1) is 6.92 Å². The van der Waals surface area contributed by atoms with E-state index >= 15 is 0 Å². The highest BCUT2D eigenvalue weighted by molar-refractivity contribution is 5.89. The average molecular weight is 311 g/mol. The molecule has 0 radical (unpaired) electrons. The maximum atomic E-state index is 12.0. The summed E-state index contributed by atoms with van der Waals surface area (Å²) < 4.78 is 5.38. The van der Waals surface area contributed by atoms with Crippen LogP contribution < -0.4 is 0 Å². The molecule has 0 aliphatic carbocycles. The topological polar surface area (TPSA) is 29.5 Å². The van der Waals surface area contributed by atoms with Gasteiger partial charge in [0.1, 0.15) is 6.61 Å². The van der Waals surface area contributed by atoms with Crippen LogP contribution in [0.15, 0.2) is 48.5 Å². The van der Waals surface area contributed by atoms with Gasteiger partial charge in [-0.2, -0.15) is 0 Å². The predicted octanol–water partition coefficient (Wildman–Crippen LogP) is 4.19. The fourth-order valence-electron chi connectivity index (χ4n) is 2.45. The molecule has 0 aliphatic heterocycles. The van der Waals surface area contributed by atoms with Crippen LogP contribution in [0.3, 0.4) is 0 Å². The lowest BCUT2D eigenvalue weighted by atomic mass is 10.1. The smallest absolute Gasteiger partial charge is 0.338 e. The van der Waals surface area contributed by atoms with Crippen molar-refractivity contribution in [1.29, 1.82) is 0 Å². The molecule has 0 saturated carbocycles. The van der Waals surface area contributed by atoms with Gasteiger partial charge in [0.2, 0.25) is 0 Å². The van der Waals surface area contributed by atoms with Gasteiger partial charge in [-0.3, -0.25) is 4.90 Å². The van der Waals surface area contributed by atoms with E-state index in [0.717, 1.165) is 30.8 Å². The molecule has 0 atom stereocenters. The van der Waals surface area contributed by atoms with Gasteiger partial charge in [0.25, 0.3) is 0 Å². The summed E-state index contributed by atoms with van der Waals surface area (Å²) in [5, 5.41) is 0. The standard InChI is InChI=1S/C20H25NO2/c1-4-21(5-2)14-17-9-11-18(12-10-17)15-23-20(22)19-8-6-7-16(3)13-19/h6-13H,4-5,14-15H2,1-3H3. The van der Waals surface area contributed by atoms with Gasteiger partial charge in [0.05, 0.1) is 5.56 Å². The molecule has 0 bridgehead atoms. The quantitative estimate of drug-likeness (QED) is 0.718. The zero-order valence-corrected chi connectivity index (χ0v) is 14.2. The molecule has 3 heteroatoms. The molecule has 0 saturated heterocycles. The molecule has 2 rings (SSSR count). The predicted molar refractivity (Wildman–Crippen MR) is 93.4 cm³/mol. The first-order chi connectivity index (χ1) is 11.1. The van der Waals surface area contributed by atoms with E-state index < -0.39 is 0 Å². The molecule has 0 fully saturated rings. The second-order valence-corrected chi connectivity index (χ2v) is 5.72. The van der Waals surface area contributed by atoms with Crippen molar-refractivity contribution in [3.63, 3.8) is 0 Å². The van der Waals surface area contributed by atoms with E-state index in [1.54, 1.807) is 6.07 Å². The summed E-state index contributed by atoms with van der Waals surface area (Å²) in [4.78, 5) is 14.4. The zero-order chi connectivity index (χ0) is 16.7. The van der Waals surface area contributed by atoms with Gasteiger partial charge >= 0.3 is 5.97 Å². The third-order valence-corrected chi connectivity index (χ3v) is 3.95. The van der Waals surface area contributed by atoms with E-state index in [1.807, 2.05) is 37.3 Å². The monoisotopic (exact) mass is 311 g/mol. The van der Waals surface area contributed by atoms with Crippen molar-refractivity contribution < 1.29 is 9.53 Å². The fraction of sp³-hybridized carbons (Fsp3) is 0.350. The Kier molecular flexibility index (Phi) is 6.36. The first-order valence-corrected chi connectivity index (χ1v) is 8.16. The first-order valence-electron chi connectivity index (χ1n) is 8.16. The Morgan fingerprint density at radius 2 is 1.65 bits per heavy atom. The highest BCUT2D eigenvalue weighted by atomic mass is 16.5. The second-order valence-electron chi connectivity index (χ2n) is 5.72. The lowest BCUT2D eigenvalue weighted by Gasteiger charge is -2.18. The molecule has 2 aromatic carbocycles. The molecule has 0 amide bonds. The van der Waals surface area contributed by atoms with Crippen LogP contribution in [0.4, 0.5) is 0 Å². The maximum absolute atomic E-state index is 12.0. The van der Waals surface area contributed by atoms with E-state index in [0.29, 0.717) is 12.2 Å². The summed E-state index contributed by atoms with van der Waals surface area (Å²) >= 11 is 0. The summed E-state index contributed by atoms with van der Waals surface area (Å²) in [5.74, 6) is -0.277. The van der Waals surface area contributed by atoms with Crippen LogP contribution in [-0.4, -0.2) is 24.0 Å². The third kappa shape index (κ3) is 5.22. The van der Waals surface area contributed by atoms with E-state index in [9.17, 15) is 4.79 Å². The molecule has 122 valence electrons. The Labute approximate surface area is 138 Å². The third-order valence-electron chi connectivity index (χ3n) is 3.95. The number of aryl methyl sites for hydroxylation is 1. The van der Waals surface area contributed by atoms with Crippen LogP contribution in [0.25, 0.3) is 0 Å². The number of rotatable bonds is 7. The minimum Gasteiger partial charge on any atom is -0.457 e. The zero-order valence-electron chi connectivity index (χ0n) is 14.2. The minimum absolute atomic E-state index is 0.277. The highest BCUT2D eigenvalue weighted by Gasteiger charge is 2.07. The average Bonchev–Trinajstić information content (AvgIpc) is 2.58. The van der Waals surface area contributed by atoms with Gasteiger partial charge in [0, 0.05) is 6.54 Å². The van der Waals surface area contributed by atoms with Crippen molar-refractivity contribution in [3.05, 3.63) is 70.8 Å². The van der Waals surface area contributed by atoms with Gasteiger partial charge < -0.3 is 4.74 Å². The molecular weight excluding hydrogens is 286 g/mol. The summed E-state index contributed by atoms with van der Waals surface area (Å²) in [5.41, 5.74) is 3.94. The molecule has 0 spiro atoms. The Morgan fingerprint density at radius 3 is 2.26 bits per heavy atom. The number of ether oxygens (including phenoxy) is 1. The van der Waals surface area contributed by atoms with E-state index in [2.05, 4.69) is 30.9 Å². The van der Waals surface area contributed by atoms with Crippen molar-refractivity contribution in [2.45, 2.75) is 33.9 Å². The highest BCUT2D eigenvalue weighted by Crippen LogP contribution is 2.11. The summed E-state index contributed by atoms with van der Waals surface area (Å²) in [6, 6.07) is 15.7. The lowest BCUT2D eigenvalue weighted by Crippen LogP contribution is -2.22. The van der Waals surface area contributed by atoms with Crippen LogP contribution in [0.5, 0.6) is 0 Å². The summed E-state index contributed by atoms with van der Waals surface area (Å²) in [6.07, 6.45) is 0. The Bertz CT molecular complexity index is 630. The Morgan fingerprint density at radius 1 is 1.00 bits per heavy atom. The normalized spacial score (nSPS) is 10.8. The molecule has 0 aliphatic rings. The minimum atomic E-state index is -0.277. The number of nitrogens with zero attached hydrogens (tertiary/aromatic N) is 1. The van der Waals surface area contributed by atoms with Crippen LogP contribution in [0.1, 0.15) is 40.9 Å². The molecule has 3 nitrogen and oxygen atoms in total. The number of hydrogen-bond acceptors (Lipinski definition) is 3. The summed E-state index contributed by atoms with van der Waals surface area (Å²) in [7, 11) is 0. The van der Waals surface area contributed by atoms with Crippen LogP contribution in [0.2, 0.25) is 0 Å². The van der Waals surface area contributed by atoms with E-state index in [1.165, 1.54) is 5.56 Å². The van der Waals surface area contributed by atoms with Gasteiger partial charge in [0.15, 0.2) is 0 Å². The largest absolute Gasteiger partial charge is 0.457 e. The van der Waals surface area contributed by atoms with Crippen molar-refractivity contribution >= 4 is 5.97 Å². The number of benzene rings is 2. The van der Waals surface area contributed by atoms with Gasteiger partial charge in [-0.15, -0.1) is 0 Å². The summed E-state index contributed by atoms with van der Waals surface area (Å²) in [6.45, 7) is 9.66. The number of esters is 1. The fourth-order valence-corrected chi connectivity index (χ4v) is 2.45. The molecular formula is C20H25NO2. The number of hydrogen-bond donors (Lipinski definition) is 0. The molecule has 0 N–H and O–H groups in total. The van der Waals surface area contributed by atoms with Gasteiger partial charge in [-0.05, 0) is 43.3 Å². The maximum Gasteiger partial charge on any atom is 0.338 e. The van der Waals surface area contributed by atoms with Crippen molar-refractivity contribution in [1.82, 2.24) is 4.90 Å². The van der Waals surface area contributed by atoms with Gasteiger partial charge in [-0.25, -0.2) is 4.79 Å². The molecule has 2 aromatic rings. The molecule has 0 aromatic heterocycles. The van der Waals surface area contributed by atoms with Crippen molar-refractivity contribution in [2.75, 3.05) is 13.1 Å². The van der Waals surface area contributed by atoms with Crippen LogP contribution in [-0.2, 0) is 17.9 Å². The number of carbonyl (C=O) groups excluding carboxylic acids is 1. The van der Waals surface area contributed by atoms with E-state index in [4.69, 9.17) is 4.74 Å². The SMILES string of the molecule is CCN(CC)Cc1ccc(COC(=O)c2cccc(C)c2)cc1. The van der Waals surface area contributed by atoms with Gasteiger partial charge in [-0.1, -0.05) is 55.8 Å². The molecule has 0 heterocycles. The van der Waals surface area contributed by atoms with Crippen molar-refractivity contribution in [3.8, 4) is 0 Å². The second kappa shape index (κ2) is 8.49. The lowest BCUT2D eigenvalue weighted by molar-refractivity contribution is 0.0472. The van der Waals surface area contributed by atoms with Crippen molar-refractivity contribution in [2.24, 2.45) is 0 Å². The Hall–Kier alpha value is -2.13. The number of carbonyl (C=O) groups is 1. The molecule has 23 heavy (non-hydrogen) atoms. The van der Waals surface area contributed by atoms with E-state index in [-0.39, 0.29) is 5.97 Å². The van der Waals surface area contributed by atoms with Crippen LogP contribution >= 0.6 is 0 Å². The first kappa shape index (κ1) is 17.2. The molecule has 0 unspecified atom stereocenters.